The van der Waals surface area contributed by atoms with Crippen molar-refractivity contribution >= 4 is 15.9 Å². The lowest BCUT2D eigenvalue weighted by molar-refractivity contribution is 0.399. The lowest BCUT2D eigenvalue weighted by atomic mass is 9.78. The van der Waals surface area contributed by atoms with Crippen molar-refractivity contribution in [3.63, 3.8) is 0 Å². The Morgan fingerprint density at radius 2 is 1.76 bits per heavy atom. The van der Waals surface area contributed by atoms with Gasteiger partial charge in [0.2, 0.25) is 0 Å². The van der Waals surface area contributed by atoms with Crippen LogP contribution in [-0.4, -0.2) is 12.6 Å². The molecule has 0 bridgehead atoms. The lowest BCUT2D eigenvalue weighted by Gasteiger charge is -2.31. The summed E-state index contributed by atoms with van der Waals surface area (Å²) < 4.78 is 1.15. The average molecular weight is 294 g/mol. The van der Waals surface area contributed by atoms with Crippen molar-refractivity contribution in [3.05, 3.63) is 46.5 Å². The molecule has 1 aliphatic rings. The molecule has 0 unspecified atom stereocenters. The van der Waals surface area contributed by atoms with Crippen LogP contribution in [0.3, 0.4) is 0 Å². The van der Waals surface area contributed by atoms with Crippen molar-refractivity contribution in [2.75, 3.05) is 6.54 Å². The summed E-state index contributed by atoms with van der Waals surface area (Å²) in [7, 11) is 0. The topological polar surface area (TPSA) is 12.0 Å². The second-order valence-corrected chi connectivity index (χ2v) is 6.12. The van der Waals surface area contributed by atoms with E-state index in [4.69, 9.17) is 0 Å². The van der Waals surface area contributed by atoms with Crippen LogP contribution in [0.4, 0.5) is 0 Å². The minimum atomic E-state index is 0.269. The smallest absolute Gasteiger partial charge is 0.0175 e. The summed E-state index contributed by atoms with van der Waals surface area (Å²) in [6.07, 6.45) is 6.91. The van der Waals surface area contributed by atoms with E-state index in [1.807, 2.05) is 0 Å². The Morgan fingerprint density at radius 1 is 1.18 bits per heavy atom. The second kappa shape index (κ2) is 5.36. The normalized spacial score (nSPS) is 17.9. The first-order valence-electron chi connectivity index (χ1n) is 6.27. The molecule has 1 aromatic rings. The zero-order valence-corrected chi connectivity index (χ0v) is 12.1. The zero-order valence-electron chi connectivity index (χ0n) is 10.5. The van der Waals surface area contributed by atoms with Crippen molar-refractivity contribution in [1.29, 1.82) is 0 Å². The predicted molar refractivity (Wildman–Crippen MR) is 77.3 cm³/mol. The fourth-order valence-corrected chi connectivity index (χ4v) is 2.65. The second-order valence-electron chi connectivity index (χ2n) is 5.20. The van der Waals surface area contributed by atoms with Gasteiger partial charge in [0.1, 0.15) is 0 Å². The Morgan fingerprint density at radius 3 is 2.29 bits per heavy atom. The maximum atomic E-state index is 3.59. The van der Waals surface area contributed by atoms with Crippen molar-refractivity contribution < 1.29 is 0 Å². The summed E-state index contributed by atoms with van der Waals surface area (Å²) in [4.78, 5) is 0. The molecule has 1 aliphatic carbocycles. The molecule has 92 valence electrons. The molecule has 2 rings (SSSR count). The highest BCUT2D eigenvalue weighted by molar-refractivity contribution is 9.10. The Hall–Kier alpha value is -0.600. The number of hydrogen-bond donors (Lipinski definition) is 1. The van der Waals surface area contributed by atoms with Crippen LogP contribution in [0, 0.1) is 0 Å². The highest BCUT2D eigenvalue weighted by atomic mass is 79.9. The first kappa shape index (κ1) is 12.8. The molecule has 1 nitrogen and oxygen atoms in total. The molecule has 0 aliphatic heterocycles. The summed E-state index contributed by atoms with van der Waals surface area (Å²) in [6, 6.07) is 9.33. The van der Waals surface area contributed by atoms with E-state index in [1.165, 1.54) is 5.56 Å². The van der Waals surface area contributed by atoms with Crippen LogP contribution >= 0.6 is 15.9 Å². The standard InChI is InChI=1S/C15H20BrN/c1-12(2)17-11-15(9-3-4-10-15)13-5-7-14(16)8-6-13/h3-8,12,17H,9-11H2,1-2H3. The van der Waals surface area contributed by atoms with E-state index in [2.05, 4.69) is 71.5 Å². The minimum absolute atomic E-state index is 0.269. The van der Waals surface area contributed by atoms with Gasteiger partial charge in [-0.25, -0.2) is 0 Å². The van der Waals surface area contributed by atoms with Crippen LogP contribution in [0.15, 0.2) is 40.9 Å². The van der Waals surface area contributed by atoms with Crippen LogP contribution in [0.2, 0.25) is 0 Å². The molecule has 1 aromatic carbocycles. The Kier molecular flexibility index (Phi) is 4.05. The van der Waals surface area contributed by atoms with E-state index in [-0.39, 0.29) is 5.41 Å². The fourth-order valence-electron chi connectivity index (χ4n) is 2.39. The monoisotopic (exact) mass is 293 g/mol. The van der Waals surface area contributed by atoms with Gasteiger partial charge in [-0.3, -0.25) is 0 Å². The zero-order chi connectivity index (χ0) is 12.3. The Bertz CT molecular complexity index is 384. The summed E-state index contributed by atoms with van der Waals surface area (Å²) in [5, 5.41) is 3.59. The molecule has 0 saturated carbocycles. The molecular formula is C15H20BrN. The van der Waals surface area contributed by atoms with Gasteiger partial charge in [-0.1, -0.05) is 54.1 Å². The van der Waals surface area contributed by atoms with Crippen LogP contribution < -0.4 is 5.32 Å². The van der Waals surface area contributed by atoms with Crippen LogP contribution in [-0.2, 0) is 5.41 Å². The van der Waals surface area contributed by atoms with Crippen LogP contribution in [0.25, 0.3) is 0 Å². The molecule has 0 atom stereocenters. The molecule has 2 heteroatoms. The van der Waals surface area contributed by atoms with E-state index in [1.54, 1.807) is 0 Å². The lowest BCUT2D eigenvalue weighted by Crippen LogP contribution is -2.39. The van der Waals surface area contributed by atoms with Gasteiger partial charge >= 0.3 is 0 Å². The van der Waals surface area contributed by atoms with Gasteiger partial charge in [0.05, 0.1) is 0 Å². The number of halogens is 1. The van der Waals surface area contributed by atoms with Crippen LogP contribution in [0.1, 0.15) is 32.3 Å². The van der Waals surface area contributed by atoms with E-state index < -0.39 is 0 Å². The summed E-state index contributed by atoms with van der Waals surface area (Å²) >= 11 is 3.50. The maximum absolute atomic E-state index is 3.59. The number of rotatable bonds is 4. The molecule has 0 spiro atoms. The summed E-state index contributed by atoms with van der Waals surface area (Å²) in [5.74, 6) is 0. The van der Waals surface area contributed by atoms with Gasteiger partial charge in [-0.2, -0.15) is 0 Å². The molecule has 0 saturated heterocycles. The van der Waals surface area contributed by atoms with Gasteiger partial charge in [0.25, 0.3) is 0 Å². The minimum Gasteiger partial charge on any atom is -0.314 e. The SMILES string of the molecule is CC(C)NCC1(c2ccc(Br)cc2)CC=CC1. The third-order valence-corrected chi connectivity index (χ3v) is 4.02. The maximum Gasteiger partial charge on any atom is 0.0175 e. The third kappa shape index (κ3) is 2.99. The molecule has 1 N–H and O–H groups in total. The van der Waals surface area contributed by atoms with E-state index in [0.29, 0.717) is 6.04 Å². The average Bonchev–Trinajstić information content (AvgIpc) is 2.77. The molecule has 0 aromatic heterocycles. The largest absolute Gasteiger partial charge is 0.314 e. The van der Waals surface area contributed by atoms with Crippen molar-refractivity contribution in [2.24, 2.45) is 0 Å². The van der Waals surface area contributed by atoms with Gasteiger partial charge in [0.15, 0.2) is 0 Å². The quantitative estimate of drug-likeness (QED) is 0.827. The van der Waals surface area contributed by atoms with Crippen LogP contribution in [0.5, 0.6) is 0 Å². The molecule has 0 heterocycles. The number of hydrogen-bond acceptors (Lipinski definition) is 1. The van der Waals surface area contributed by atoms with Crippen molar-refractivity contribution in [1.82, 2.24) is 5.32 Å². The third-order valence-electron chi connectivity index (χ3n) is 3.49. The van der Waals surface area contributed by atoms with E-state index >= 15 is 0 Å². The first-order valence-corrected chi connectivity index (χ1v) is 7.06. The van der Waals surface area contributed by atoms with Crippen molar-refractivity contribution in [3.8, 4) is 0 Å². The van der Waals surface area contributed by atoms with Gasteiger partial charge in [-0.05, 0) is 30.5 Å². The van der Waals surface area contributed by atoms with Gasteiger partial charge in [-0.15, -0.1) is 0 Å². The van der Waals surface area contributed by atoms with Gasteiger partial charge in [0, 0.05) is 22.5 Å². The Labute approximate surface area is 112 Å². The van der Waals surface area contributed by atoms with Gasteiger partial charge < -0.3 is 5.32 Å². The summed E-state index contributed by atoms with van der Waals surface area (Å²) in [6.45, 7) is 5.47. The predicted octanol–water partition coefficient (Wildman–Crippen LogP) is 4.03. The number of allylic oxidation sites excluding steroid dienone is 2. The summed E-state index contributed by atoms with van der Waals surface area (Å²) in [5.41, 5.74) is 1.71. The van der Waals surface area contributed by atoms with Crippen molar-refractivity contribution in [2.45, 2.75) is 38.1 Å². The molecule has 17 heavy (non-hydrogen) atoms. The van der Waals surface area contributed by atoms with E-state index in [0.717, 1.165) is 23.9 Å². The molecular weight excluding hydrogens is 274 g/mol. The highest BCUT2D eigenvalue weighted by Crippen LogP contribution is 2.37. The molecule has 0 amide bonds. The number of benzene rings is 1. The Balaban J connectivity index is 2.19. The molecule has 0 fully saturated rings. The first-order chi connectivity index (χ1) is 8.12. The van der Waals surface area contributed by atoms with E-state index in [9.17, 15) is 0 Å². The number of nitrogens with one attached hydrogen (secondary N) is 1. The fraction of sp³-hybridized carbons (Fsp3) is 0.467. The highest BCUT2D eigenvalue weighted by Gasteiger charge is 2.32. The molecule has 0 radical (unpaired) electrons.